The number of hydrogen-bond donors (Lipinski definition) is 6. The predicted octanol–water partition coefficient (Wildman–Crippen LogP) is 11.4. The number of aliphatic hydroxyl groups excluding tert-OH is 3. The Morgan fingerprint density at radius 2 is 1.01 bits per heavy atom. The number of fused-ring (bicyclic) bond motifs is 1. The summed E-state index contributed by atoms with van der Waals surface area (Å²) in [7, 11) is 2.23. The van der Waals surface area contributed by atoms with Crippen LogP contribution in [0.15, 0.2) is 100 Å². The van der Waals surface area contributed by atoms with Crippen molar-refractivity contribution in [2.75, 3.05) is 85.6 Å². The molecule has 38 heteroatoms. The number of nitrogens with zero attached hydrogens (tertiary/aromatic N) is 13. The molecule has 4 aromatic heterocycles. The van der Waals surface area contributed by atoms with Gasteiger partial charge in [-0.15, -0.1) is 0 Å². The van der Waals surface area contributed by atoms with Crippen molar-refractivity contribution in [1.29, 1.82) is 4.29 Å². The lowest BCUT2D eigenvalue weighted by atomic mass is 10.1. The van der Waals surface area contributed by atoms with Gasteiger partial charge in [0.15, 0.2) is 29.4 Å². The molecule has 3 aliphatic heterocycles. The number of anilines is 2. The van der Waals surface area contributed by atoms with Crippen LogP contribution in [0.4, 0.5) is 11.6 Å². The Bertz CT molecular complexity index is 4300. The van der Waals surface area contributed by atoms with Crippen molar-refractivity contribution < 1.29 is 79.9 Å². The lowest BCUT2D eigenvalue weighted by Crippen LogP contribution is -2.40. The van der Waals surface area contributed by atoms with Crippen molar-refractivity contribution in [2.24, 2.45) is 0 Å². The molecule has 0 radical (unpaired) electrons. The maximum absolute atomic E-state index is 13.2. The molecule has 0 bridgehead atoms. The number of hydrogen-bond acceptors (Lipinski definition) is 26. The van der Waals surface area contributed by atoms with Crippen LogP contribution in [-0.2, 0) is 50.8 Å². The number of ether oxygens (including phenoxy) is 5. The summed E-state index contributed by atoms with van der Waals surface area (Å²) in [4.78, 5) is 92.1. The summed E-state index contributed by atoms with van der Waals surface area (Å²) >= 11 is 0. The molecule has 9 rings (SSSR count). The zero-order valence-corrected chi connectivity index (χ0v) is 71.1. The average Bonchev–Trinajstić information content (AvgIpc) is 1.62. The van der Waals surface area contributed by atoms with E-state index in [2.05, 4.69) is 135 Å². The van der Waals surface area contributed by atoms with Crippen molar-refractivity contribution in [2.45, 2.75) is 235 Å². The van der Waals surface area contributed by atoms with E-state index in [1.54, 1.807) is 86.6 Å². The van der Waals surface area contributed by atoms with Gasteiger partial charge in [0.2, 0.25) is 23.9 Å². The highest BCUT2D eigenvalue weighted by Gasteiger charge is 2.50. The Labute approximate surface area is 688 Å². The molecule has 638 valence electrons. The first-order valence-electron chi connectivity index (χ1n) is 40.0. The van der Waals surface area contributed by atoms with E-state index < -0.39 is 110 Å². The van der Waals surface area contributed by atoms with Crippen LogP contribution in [0.2, 0.25) is 0 Å². The molecule has 14 atom stereocenters. The number of methoxy groups -OCH3 is 2. The number of aliphatic hydroxyl groups is 3. The van der Waals surface area contributed by atoms with Crippen LogP contribution in [0.3, 0.4) is 0 Å². The third kappa shape index (κ3) is 28.4. The van der Waals surface area contributed by atoms with Crippen molar-refractivity contribution in [3.05, 3.63) is 174 Å². The fourth-order valence-electron chi connectivity index (χ4n) is 12.1. The predicted molar refractivity (Wildman–Crippen MR) is 444 cm³/mol. The van der Waals surface area contributed by atoms with Crippen molar-refractivity contribution in [1.82, 2.24) is 52.6 Å². The zero-order chi connectivity index (χ0) is 89.5. The smallest absolute Gasteiger partial charge is 0.351 e. The number of aromatic amines is 1. The second-order valence-corrected chi connectivity index (χ2v) is 31.1. The number of amides is 2. The second-order valence-electron chi connectivity index (χ2n) is 26.9. The van der Waals surface area contributed by atoms with Gasteiger partial charge in [0, 0.05) is 117 Å². The Morgan fingerprint density at radius 1 is 0.600 bits per heavy atom. The number of aryl methyl sites for hydroxylation is 2. The van der Waals surface area contributed by atoms with Crippen molar-refractivity contribution in [3.63, 3.8) is 0 Å². The molecule has 35 nitrogen and oxygen atoms in total. The van der Waals surface area contributed by atoms with Gasteiger partial charge in [-0.05, 0) is 142 Å². The second kappa shape index (κ2) is 51.7. The van der Waals surface area contributed by atoms with E-state index >= 15 is 0 Å². The van der Waals surface area contributed by atoms with Gasteiger partial charge in [0.05, 0.1) is 30.7 Å². The van der Waals surface area contributed by atoms with E-state index in [1.165, 1.54) is 50.1 Å². The minimum absolute atomic E-state index is 0. The summed E-state index contributed by atoms with van der Waals surface area (Å²) in [5.74, 6) is -0.288. The molecule has 3 unspecified atom stereocenters. The maximum Gasteiger partial charge on any atom is 0.351 e. The SMILES string of the molecule is C.[2H]C[C@H]1O[C@@H](n2cc(C)c(=O)[nH]c2=O)C[C@@H]1OP(OCC[N+]#[C-])N(C(C)C)C(C)C.[2H]C[C@H]1O[C@@H](n2cc(C)c(NC(=O)c3ccccc3)nc2=O)[C@H](OC)[C@@H]1OP(OCC[N+]#[C-])N(C(C)C)C(C)C.[2H]C[C@H]1O[C@@H](n2cnc3c(NC(=O)c4ccccc4)ncnc32)[C@H](OC)[C@@H]1OP(OCC[N+]#[C-])N(C(C)C)C(C)C.[3H]OC.[3H]OC.[3H]OC. The Morgan fingerprint density at radius 3 is 1.42 bits per heavy atom. The molecule has 3 saturated heterocycles. The summed E-state index contributed by atoms with van der Waals surface area (Å²) in [6, 6.07) is 18.2. The first-order valence-corrected chi connectivity index (χ1v) is 40.1. The maximum atomic E-state index is 13.2. The Kier molecular flexibility index (Phi) is 41.1. The number of benzene rings is 2. The van der Waals surface area contributed by atoms with Gasteiger partial charge >= 0.3 is 11.4 Å². The number of carbonyl (C=O) groups is 2. The van der Waals surface area contributed by atoms with Gasteiger partial charge in [-0.25, -0.2) is 58.3 Å². The zero-order valence-electron chi connectivity index (χ0n) is 74.4. The van der Waals surface area contributed by atoms with Crippen LogP contribution in [0.5, 0.6) is 0 Å². The minimum Gasteiger partial charge on any atom is -0.400 e. The van der Waals surface area contributed by atoms with E-state index in [9.17, 15) is 24.0 Å². The molecular formula is C77H121N16O19P3. The summed E-state index contributed by atoms with van der Waals surface area (Å²) in [6.07, 6.45) is -1.08. The Hall–Kier alpha value is -7.43. The summed E-state index contributed by atoms with van der Waals surface area (Å²) in [6.45, 7) is 50.2. The fraction of sp³-hybridized carbons (Fsp3) is 0.610. The largest absolute Gasteiger partial charge is 0.400 e. The molecule has 6 N–H and O–H groups in total. The summed E-state index contributed by atoms with van der Waals surface area (Å²) < 4.78 is 120. The monoisotopic (exact) mass is 1680 g/mol. The molecule has 7 heterocycles. The van der Waals surface area contributed by atoms with Gasteiger partial charge in [-0.1, -0.05) is 43.8 Å². The third-order valence-electron chi connectivity index (χ3n) is 16.9. The van der Waals surface area contributed by atoms with Crippen LogP contribution in [0, 0.1) is 33.6 Å². The van der Waals surface area contributed by atoms with E-state index in [1.807, 2.05) is 39.8 Å². The molecule has 0 aliphatic carbocycles. The van der Waals surface area contributed by atoms with Gasteiger partial charge in [-0.3, -0.25) is 33.1 Å². The molecule has 6 aromatic rings. The molecule has 0 saturated carbocycles. The van der Waals surface area contributed by atoms with E-state index in [4.69, 9.17) is 78.9 Å². The van der Waals surface area contributed by atoms with E-state index in [0.717, 1.165) is 0 Å². The normalized spacial score (nSPS) is 21.7. The molecule has 3 aliphatic rings. The first-order chi connectivity index (χ1) is 57.3. The molecule has 2 aromatic carbocycles. The van der Waals surface area contributed by atoms with Gasteiger partial charge in [0.1, 0.15) is 62.6 Å². The first kappa shape index (κ1) is 91.5. The van der Waals surface area contributed by atoms with Crippen LogP contribution in [0.1, 0.15) is 172 Å². The number of rotatable bonds is 33. The van der Waals surface area contributed by atoms with Crippen molar-refractivity contribution in [3.8, 4) is 0 Å². The average molecular weight is 1680 g/mol. The van der Waals surface area contributed by atoms with Gasteiger partial charge < -0.3 is 91.3 Å². The lowest BCUT2D eigenvalue weighted by molar-refractivity contribution is -0.0510. The summed E-state index contributed by atoms with van der Waals surface area (Å²) in [5.41, 5.74) is 1.07. The van der Waals surface area contributed by atoms with Crippen LogP contribution in [0.25, 0.3) is 25.7 Å². The highest BCUT2D eigenvalue weighted by Crippen LogP contribution is 2.53. The molecule has 2 amide bonds. The highest BCUT2D eigenvalue weighted by molar-refractivity contribution is 7.45. The molecule has 0 spiro atoms. The minimum atomic E-state index is -1.63. The standard InChI is InChI=1S/C27H36N7O5P.C27H38N5O6P.C19H31N4O5P.3CH4O.CH4/c1-17(2)34(18(3)4)40(37-14-13-28-6)39-22-19(5)38-27(23(22)36-7)33-16-31-21-24(29-15-30-25(21)33)32-26(35)20-11-9-8-10-12-20;1-17(2)32(18(3)4)39(36-15-14-28-7)38-22-20(6)37-26(23(22)35-8)31-16-19(5)24(30-27(31)34)29-25(33)21-12-10-9-11-13-21;1-12(2)23(13(3)4)29(26-9-8-20-7)28-16-10-17(27-15(16)6)22-11-14(5)18(24)21-19(22)25;3*1-2;/h8-12,15-19,22-23,27H,13-14H2,1-5,7H3,(H,29,30,32,35);9-13,16-18,20,22-23,26H,14-15H2,1-6,8H3,(H,29,30,33,34);11-13,15-17H,8-10H2,1-6H3,(H,21,24,25);3*2H,1H3;1H4/t19-,22-,23-,27-,40?;20-,22-,23-,26-,39?;15-,16+,17-,29?;;;;/m111..../s1/i5D;2*6D;3*2T;. The van der Waals surface area contributed by atoms with E-state index in [-0.39, 0.29) is 127 Å². The number of nitrogens with one attached hydrogen (secondary N) is 3. The van der Waals surface area contributed by atoms with Crippen molar-refractivity contribution >= 4 is 60.2 Å². The molecular weight excluding hydrogens is 1550 g/mol. The highest BCUT2D eigenvalue weighted by atomic mass is 31.2. The molecule has 115 heavy (non-hydrogen) atoms. The van der Waals surface area contributed by atoms with Crippen LogP contribution < -0.4 is 27.6 Å². The number of H-pyrrole nitrogens is 1. The number of imidazole rings is 1. The lowest BCUT2D eigenvalue weighted by Gasteiger charge is -2.37. The Balaban J connectivity index is 0.000000449. The quantitative estimate of drug-likeness (QED) is 0.0127. The van der Waals surface area contributed by atoms with Crippen LogP contribution in [-0.4, -0.2) is 244 Å². The number of aromatic nitrogens is 8. The van der Waals surface area contributed by atoms with Gasteiger partial charge in [-0.2, -0.15) is 4.98 Å². The molecule has 3 fully saturated rings. The number of carbonyl (C=O) groups excluding carboxylic acids is 2. The fourth-order valence-corrected chi connectivity index (χ4v) is 17.4. The summed E-state index contributed by atoms with van der Waals surface area (Å²) in [5, 5.41) is 16.0. The van der Waals surface area contributed by atoms with Crippen LogP contribution >= 0.6 is 25.6 Å². The van der Waals surface area contributed by atoms with E-state index in [0.29, 0.717) is 39.8 Å². The third-order valence-corrected chi connectivity index (χ3v) is 23.3. The van der Waals surface area contributed by atoms with Gasteiger partial charge in [0.25, 0.3) is 43.0 Å². The topological polar surface area (TPSA) is 377 Å².